The quantitative estimate of drug-likeness (QED) is 0.480. The highest BCUT2D eigenvalue weighted by Gasteiger charge is 2.18. The summed E-state index contributed by atoms with van der Waals surface area (Å²) in [4.78, 5) is 17.7. The van der Waals surface area contributed by atoms with Crippen LogP contribution in [0.25, 0.3) is 0 Å². The van der Waals surface area contributed by atoms with Crippen LogP contribution in [0, 0.1) is 0 Å². The number of morpholine rings is 1. The van der Waals surface area contributed by atoms with Gasteiger partial charge in [-0.2, -0.15) is 0 Å². The fourth-order valence-electron chi connectivity index (χ4n) is 1.49. The molecule has 0 aromatic carbocycles. The fraction of sp³-hybridized carbons (Fsp3) is 0.500. The number of hydrogen-bond acceptors (Lipinski definition) is 6. The zero-order valence-corrected chi connectivity index (χ0v) is 10.7. The second-order valence-electron chi connectivity index (χ2n) is 3.75. The minimum atomic E-state index is -0.183. The summed E-state index contributed by atoms with van der Waals surface area (Å²) in [6.45, 7) is 3.94. The fourth-order valence-corrected chi connectivity index (χ4v) is 2.23. The van der Waals surface area contributed by atoms with Gasteiger partial charge in [-0.3, -0.25) is 5.32 Å². The first kappa shape index (κ1) is 12.8. The number of oxime groups is 1. The van der Waals surface area contributed by atoms with Gasteiger partial charge in [-0.1, -0.05) is 5.16 Å². The van der Waals surface area contributed by atoms with E-state index in [1.54, 1.807) is 17.2 Å². The number of urea groups is 1. The molecule has 2 N–H and O–H groups in total. The van der Waals surface area contributed by atoms with Gasteiger partial charge in [0.1, 0.15) is 11.4 Å². The molecule has 0 unspecified atom stereocenters. The van der Waals surface area contributed by atoms with Crippen LogP contribution in [0.5, 0.6) is 0 Å². The van der Waals surface area contributed by atoms with Crippen molar-refractivity contribution >= 4 is 28.2 Å². The molecule has 1 fully saturated rings. The molecule has 2 heterocycles. The Morgan fingerprint density at radius 2 is 2.33 bits per heavy atom. The van der Waals surface area contributed by atoms with E-state index in [0.29, 0.717) is 42.8 Å². The molecule has 0 bridgehead atoms. The third-order valence-corrected chi connectivity index (χ3v) is 3.29. The lowest BCUT2D eigenvalue weighted by atomic mass is 10.3. The van der Waals surface area contributed by atoms with Gasteiger partial charge in [0.15, 0.2) is 5.13 Å². The Bertz CT molecular complexity index is 454. The van der Waals surface area contributed by atoms with Crippen LogP contribution in [0.1, 0.15) is 12.6 Å². The van der Waals surface area contributed by atoms with Gasteiger partial charge in [-0.25, -0.2) is 9.78 Å². The monoisotopic (exact) mass is 270 g/mol. The number of amides is 2. The van der Waals surface area contributed by atoms with Gasteiger partial charge < -0.3 is 14.8 Å². The number of thiazole rings is 1. The number of nitrogens with one attached hydrogen (secondary N) is 1. The van der Waals surface area contributed by atoms with Gasteiger partial charge in [0.25, 0.3) is 0 Å². The molecular formula is C10H14N4O3S. The molecule has 0 saturated carbocycles. The van der Waals surface area contributed by atoms with Crippen molar-refractivity contribution in [3.8, 4) is 0 Å². The van der Waals surface area contributed by atoms with E-state index in [1.165, 1.54) is 11.3 Å². The lowest BCUT2D eigenvalue weighted by Crippen LogP contribution is -2.43. The van der Waals surface area contributed by atoms with Crippen molar-refractivity contribution in [3.63, 3.8) is 0 Å². The summed E-state index contributed by atoms with van der Waals surface area (Å²) in [7, 11) is 0. The van der Waals surface area contributed by atoms with Crippen LogP contribution in [0.3, 0.4) is 0 Å². The molecule has 0 aliphatic carbocycles. The summed E-state index contributed by atoms with van der Waals surface area (Å²) in [5.74, 6) is 0. The second-order valence-corrected chi connectivity index (χ2v) is 4.61. The average Bonchev–Trinajstić information content (AvgIpc) is 2.87. The number of ether oxygens (including phenoxy) is 1. The number of nitrogens with zero attached hydrogens (tertiary/aromatic N) is 3. The molecular weight excluding hydrogens is 256 g/mol. The molecule has 2 rings (SSSR count). The average molecular weight is 270 g/mol. The molecule has 98 valence electrons. The van der Waals surface area contributed by atoms with Crippen molar-refractivity contribution in [1.82, 2.24) is 9.88 Å². The zero-order chi connectivity index (χ0) is 13.0. The highest BCUT2D eigenvalue weighted by molar-refractivity contribution is 7.14. The number of carbonyl (C=O) groups excluding carboxylic acids is 1. The lowest BCUT2D eigenvalue weighted by Gasteiger charge is -2.26. The van der Waals surface area contributed by atoms with Crippen molar-refractivity contribution in [2.75, 3.05) is 31.6 Å². The molecule has 8 heteroatoms. The van der Waals surface area contributed by atoms with E-state index >= 15 is 0 Å². The predicted molar refractivity (Wildman–Crippen MR) is 67.5 cm³/mol. The SMILES string of the molecule is CC(=NO)c1csc(NC(=O)N2CCOCC2)n1. The molecule has 2 amide bonds. The van der Waals surface area contributed by atoms with Crippen LogP contribution < -0.4 is 5.32 Å². The van der Waals surface area contributed by atoms with Crippen LogP contribution in [0.2, 0.25) is 0 Å². The zero-order valence-electron chi connectivity index (χ0n) is 9.92. The Labute approximate surface area is 108 Å². The molecule has 0 atom stereocenters. The smallest absolute Gasteiger partial charge is 0.323 e. The van der Waals surface area contributed by atoms with E-state index in [0.717, 1.165) is 0 Å². The summed E-state index contributed by atoms with van der Waals surface area (Å²) < 4.78 is 5.17. The second kappa shape index (κ2) is 5.78. The molecule has 1 aliphatic rings. The van der Waals surface area contributed by atoms with Gasteiger partial charge in [0.05, 0.1) is 13.2 Å². The molecule has 7 nitrogen and oxygen atoms in total. The minimum absolute atomic E-state index is 0.183. The van der Waals surface area contributed by atoms with Crippen molar-refractivity contribution in [3.05, 3.63) is 11.1 Å². The van der Waals surface area contributed by atoms with Crippen LogP contribution in [0.4, 0.5) is 9.93 Å². The molecule has 1 aromatic heterocycles. The standard InChI is InChI=1S/C10H14N4O3S/c1-7(13-16)8-6-18-9(11-8)12-10(15)14-2-4-17-5-3-14/h6,16H,2-5H2,1H3,(H,11,12,15). The summed E-state index contributed by atoms with van der Waals surface area (Å²) >= 11 is 1.29. The van der Waals surface area contributed by atoms with E-state index in [9.17, 15) is 4.79 Å². The number of anilines is 1. The highest BCUT2D eigenvalue weighted by atomic mass is 32.1. The lowest BCUT2D eigenvalue weighted by molar-refractivity contribution is 0.0564. The Hall–Kier alpha value is -1.67. The minimum Gasteiger partial charge on any atom is -0.411 e. The van der Waals surface area contributed by atoms with Crippen LogP contribution in [0.15, 0.2) is 10.5 Å². The van der Waals surface area contributed by atoms with Crippen LogP contribution >= 0.6 is 11.3 Å². The molecule has 0 spiro atoms. The van der Waals surface area contributed by atoms with Gasteiger partial charge in [0.2, 0.25) is 0 Å². The number of hydrogen-bond donors (Lipinski definition) is 2. The normalized spacial score (nSPS) is 16.7. The summed E-state index contributed by atoms with van der Waals surface area (Å²) in [6.07, 6.45) is 0. The molecule has 1 aliphatic heterocycles. The first-order chi connectivity index (χ1) is 8.70. The van der Waals surface area contributed by atoms with Gasteiger partial charge in [0, 0.05) is 18.5 Å². The summed E-state index contributed by atoms with van der Waals surface area (Å²) in [6, 6.07) is -0.183. The Kier molecular flexibility index (Phi) is 4.11. The van der Waals surface area contributed by atoms with Crippen molar-refractivity contribution in [2.45, 2.75) is 6.92 Å². The Morgan fingerprint density at radius 3 is 3.00 bits per heavy atom. The van der Waals surface area contributed by atoms with E-state index < -0.39 is 0 Å². The topological polar surface area (TPSA) is 87.1 Å². The third kappa shape index (κ3) is 2.96. The van der Waals surface area contributed by atoms with Crippen molar-refractivity contribution in [1.29, 1.82) is 0 Å². The van der Waals surface area contributed by atoms with Gasteiger partial charge in [-0.05, 0) is 6.92 Å². The maximum Gasteiger partial charge on any atom is 0.323 e. The summed E-state index contributed by atoms with van der Waals surface area (Å²) in [5, 5.41) is 16.6. The molecule has 1 aromatic rings. The maximum absolute atomic E-state index is 11.9. The first-order valence-electron chi connectivity index (χ1n) is 5.49. The summed E-state index contributed by atoms with van der Waals surface area (Å²) in [5.41, 5.74) is 0.970. The van der Waals surface area contributed by atoms with Crippen molar-refractivity contribution < 1.29 is 14.7 Å². The number of rotatable bonds is 2. The van der Waals surface area contributed by atoms with E-state index in [2.05, 4.69) is 15.5 Å². The number of aromatic nitrogens is 1. The number of carbonyl (C=O) groups is 1. The maximum atomic E-state index is 11.9. The third-order valence-electron chi connectivity index (χ3n) is 2.54. The van der Waals surface area contributed by atoms with Crippen molar-refractivity contribution in [2.24, 2.45) is 5.16 Å². The van der Waals surface area contributed by atoms with Crippen LogP contribution in [-0.2, 0) is 4.74 Å². The highest BCUT2D eigenvalue weighted by Crippen LogP contribution is 2.16. The predicted octanol–water partition coefficient (Wildman–Crippen LogP) is 1.21. The Morgan fingerprint density at radius 1 is 1.61 bits per heavy atom. The molecule has 0 radical (unpaired) electrons. The van der Waals surface area contributed by atoms with E-state index in [4.69, 9.17) is 9.94 Å². The van der Waals surface area contributed by atoms with Crippen LogP contribution in [-0.4, -0.2) is 53.1 Å². The van der Waals surface area contributed by atoms with Gasteiger partial charge in [-0.15, -0.1) is 11.3 Å². The molecule has 1 saturated heterocycles. The largest absolute Gasteiger partial charge is 0.411 e. The Balaban J connectivity index is 1.96. The van der Waals surface area contributed by atoms with Gasteiger partial charge >= 0.3 is 6.03 Å². The first-order valence-corrected chi connectivity index (χ1v) is 6.37. The molecule has 18 heavy (non-hydrogen) atoms. The van der Waals surface area contributed by atoms with E-state index in [1.807, 2.05) is 0 Å². The van der Waals surface area contributed by atoms with E-state index in [-0.39, 0.29) is 6.03 Å².